The van der Waals surface area contributed by atoms with Crippen molar-refractivity contribution in [2.45, 2.75) is 47.5 Å². The minimum absolute atomic E-state index is 0.807. The highest BCUT2D eigenvalue weighted by Crippen LogP contribution is 2.36. The summed E-state index contributed by atoms with van der Waals surface area (Å²) >= 11 is 0. The van der Waals surface area contributed by atoms with E-state index in [1.54, 1.807) is 0 Å². The molecule has 0 radical (unpaired) electrons. The maximum Gasteiger partial charge on any atom is 0.150 e. The van der Waals surface area contributed by atoms with E-state index < -0.39 is 0 Å². The van der Waals surface area contributed by atoms with Gasteiger partial charge in [-0.15, -0.1) is 0 Å². The maximum absolute atomic E-state index is 4.94. The molecular formula is C24H33N5. The molecule has 29 heavy (non-hydrogen) atoms. The average molecular weight is 392 g/mol. The third-order valence-corrected chi connectivity index (χ3v) is 5.91. The first-order chi connectivity index (χ1) is 13.9. The van der Waals surface area contributed by atoms with Crippen LogP contribution in [0, 0.1) is 40.5 Å². The molecule has 0 amide bonds. The van der Waals surface area contributed by atoms with E-state index in [0.29, 0.717) is 0 Å². The molecule has 0 spiro atoms. The fourth-order valence-electron chi connectivity index (χ4n) is 4.48. The molecule has 0 aliphatic heterocycles. The van der Waals surface area contributed by atoms with Crippen molar-refractivity contribution in [3.05, 3.63) is 46.4 Å². The molecule has 3 aromatic rings. The molecule has 2 heterocycles. The number of anilines is 1. The topological polar surface area (TPSA) is 46.0 Å². The number of nitrogens with zero attached hydrogens (tertiary/aromatic N) is 4. The molecule has 1 N–H and O–H groups in total. The second-order valence-electron chi connectivity index (χ2n) is 8.72. The summed E-state index contributed by atoms with van der Waals surface area (Å²) in [5.41, 5.74) is 7.35. The molecule has 1 fully saturated rings. The third-order valence-electron chi connectivity index (χ3n) is 5.91. The monoisotopic (exact) mass is 391 g/mol. The van der Waals surface area contributed by atoms with Gasteiger partial charge < -0.3 is 14.8 Å². The van der Waals surface area contributed by atoms with Gasteiger partial charge in [-0.2, -0.15) is 0 Å². The molecule has 4 rings (SSSR count). The Hall–Kier alpha value is -2.40. The van der Waals surface area contributed by atoms with E-state index in [4.69, 9.17) is 9.97 Å². The Bertz CT molecular complexity index is 1020. The minimum Gasteiger partial charge on any atom is -0.354 e. The zero-order valence-corrected chi connectivity index (χ0v) is 18.6. The van der Waals surface area contributed by atoms with E-state index in [9.17, 15) is 0 Å². The van der Waals surface area contributed by atoms with Gasteiger partial charge in [0, 0.05) is 25.8 Å². The van der Waals surface area contributed by atoms with Crippen LogP contribution < -0.4 is 10.2 Å². The quantitative estimate of drug-likeness (QED) is 0.648. The summed E-state index contributed by atoms with van der Waals surface area (Å²) in [6.45, 7) is 13.7. The van der Waals surface area contributed by atoms with Gasteiger partial charge in [-0.1, -0.05) is 17.7 Å². The summed E-state index contributed by atoms with van der Waals surface area (Å²) < 4.78 is 2.28. The normalized spacial score (nSPS) is 14.0. The first kappa shape index (κ1) is 19.9. The van der Waals surface area contributed by atoms with Crippen LogP contribution in [0.15, 0.2) is 18.3 Å². The molecule has 154 valence electrons. The summed E-state index contributed by atoms with van der Waals surface area (Å²) in [5.74, 6) is 2.73. The number of nitrogens with one attached hydrogen (secondary N) is 1. The Kier molecular flexibility index (Phi) is 5.34. The van der Waals surface area contributed by atoms with Gasteiger partial charge >= 0.3 is 0 Å². The van der Waals surface area contributed by atoms with Crippen LogP contribution >= 0.6 is 0 Å². The summed E-state index contributed by atoms with van der Waals surface area (Å²) in [4.78, 5) is 12.3. The molecule has 1 aliphatic rings. The molecule has 1 aromatic carbocycles. The van der Waals surface area contributed by atoms with Crippen LogP contribution in [0.1, 0.15) is 40.9 Å². The predicted octanol–water partition coefficient (Wildman–Crippen LogP) is 4.40. The maximum atomic E-state index is 4.94. The lowest BCUT2D eigenvalue weighted by Gasteiger charge is -2.25. The van der Waals surface area contributed by atoms with Crippen molar-refractivity contribution < 1.29 is 0 Å². The van der Waals surface area contributed by atoms with Gasteiger partial charge in [0.15, 0.2) is 5.65 Å². The van der Waals surface area contributed by atoms with Crippen molar-refractivity contribution in [2.75, 3.05) is 31.6 Å². The molecule has 5 nitrogen and oxygen atoms in total. The molecule has 0 saturated heterocycles. The first-order valence-corrected chi connectivity index (χ1v) is 10.7. The number of likely N-dealkylation sites (N-methyl/N-ethyl adjacent to an activating group) is 1. The van der Waals surface area contributed by atoms with Crippen molar-refractivity contribution in [3.63, 3.8) is 0 Å². The number of rotatable bonds is 7. The van der Waals surface area contributed by atoms with E-state index in [1.165, 1.54) is 46.2 Å². The molecule has 0 bridgehead atoms. The summed E-state index contributed by atoms with van der Waals surface area (Å²) in [5, 5.41) is 4.49. The van der Waals surface area contributed by atoms with E-state index in [2.05, 4.69) is 60.8 Å². The van der Waals surface area contributed by atoms with Crippen molar-refractivity contribution >= 4 is 16.9 Å². The fourth-order valence-corrected chi connectivity index (χ4v) is 4.48. The Morgan fingerprint density at radius 1 is 1.03 bits per heavy atom. The average Bonchev–Trinajstić information content (AvgIpc) is 3.41. The van der Waals surface area contributed by atoms with E-state index >= 15 is 0 Å². The van der Waals surface area contributed by atoms with Crippen LogP contribution in [-0.4, -0.2) is 41.2 Å². The van der Waals surface area contributed by atoms with Gasteiger partial charge in [0.2, 0.25) is 0 Å². The predicted molar refractivity (Wildman–Crippen MR) is 121 cm³/mol. The van der Waals surface area contributed by atoms with E-state index in [-0.39, 0.29) is 0 Å². The standard InChI is InChI=1S/C24H33N5/c1-15-11-16(2)22(17(3)12-15)29-13-18(4)21-23(26-19(5)27-24(21)29)28(10-9-25-6)14-20-7-8-20/h11-13,20,25H,7-10,14H2,1-6H3. The largest absolute Gasteiger partial charge is 0.354 e. The third kappa shape index (κ3) is 3.88. The number of fused-ring (bicyclic) bond motifs is 1. The van der Waals surface area contributed by atoms with Crippen LogP contribution in [0.5, 0.6) is 0 Å². The summed E-state index contributed by atoms with van der Waals surface area (Å²) in [7, 11) is 2.01. The molecule has 1 aliphatic carbocycles. The number of benzene rings is 1. The van der Waals surface area contributed by atoms with Gasteiger partial charge in [-0.25, -0.2) is 9.97 Å². The van der Waals surface area contributed by atoms with Gasteiger partial charge in [-0.05, 0) is 77.1 Å². The van der Waals surface area contributed by atoms with Gasteiger partial charge in [0.25, 0.3) is 0 Å². The number of aromatic nitrogens is 3. The van der Waals surface area contributed by atoms with Crippen LogP contribution in [-0.2, 0) is 0 Å². The smallest absolute Gasteiger partial charge is 0.150 e. The van der Waals surface area contributed by atoms with Crippen molar-refractivity contribution in [2.24, 2.45) is 5.92 Å². The van der Waals surface area contributed by atoms with Crippen LogP contribution in [0.25, 0.3) is 16.7 Å². The van der Waals surface area contributed by atoms with Crippen molar-refractivity contribution in [1.82, 2.24) is 19.9 Å². The van der Waals surface area contributed by atoms with Crippen LogP contribution in [0.3, 0.4) is 0 Å². The Morgan fingerprint density at radius 3 is 2.34 bits per heavy atom. The SMILES string of the molecule is CNCCN(CC1CC1)c1nc(C)nc2c1c(C)cn2-c1c(C)cc(C)cc1C. The molecule has 0 atom stereocenters. The van der Waals surface area contributed by atoms with Crippen molar-refractivity contribution in [1.29, 1.82) is 0 Å². The molecule has 2 aromatic heterocycles. The van der Waals surface area contributed by atoms with E-state index in [1.807, 2.05) is 14.0 Å². The Balaban J connectivity index is 1.90. The number of aryl methyl sites for hydroxylation is 5. The van der Waals surface area contributed by atoms with E-state index in [0.717, 1.165) is 42.8 Å². The molecule has 1 saturated carbocycles. The minimum atomic E-state index is 0.807. The zero-order valence-electron chi connectivity index (χ0n) is 18.6. The lowest BCUT2D eigenvalue weighted by Crippen LogP contribution is -2.33. The lowest BCUT2D eigenvalue weighted by atomic mass is 10.1. The first-order valence-electron chi connectivity index (χ1n) is 10.7. The number of hydrogen-bond donors (Lipinski definition) is 1. The van der Waals surface area contributed by atoms with Crippen molar-refractivity contribution in [3.8, 4) is 5.69 Å². The summed E-state index contributed by atoms with van der Waals surface area (Å²) in [6, 6.07) is 4.51. The summed E-state index contributed by atoms with van der Waals surface area (Å²) in [6.07, 6.45) is 4.91. The highest BCUT2D eigenvalue weighted by Gasteiger charge is 2.27. The molecule has 0 unspecified atom stereocenters. The number of hydrogen-bond acceptors (Lipinski definition) is 4. The van der Waals surface area contributed by atoms with Crippen LogP contribution in [0.4, 0.5) is 5.82 Å². The highest BCUT2D eigenvalue weighted by atomic mass is 15.2. The second kappa shape index (κ2) is 7.79. The highest BCUT2D eigenvalue weighted by molar-refractivity contribution is 5.92. The fraction of sp³-hybridized carbons (Fsp3) is 0.500. The lowest BCUT2D eigenvalue weighted by molar-refractivity contribution is 0.678. The Labute approximate surface area is 174 Å². The second-order valence-corrected chi connectivity index (χ2v) is 8.72. The molecular weight excluding hydrogens is 358 g/mol. The Morgan fingerprint density at radius 2 is 1.72 bits per heavy atom. The van der Waals surface area contributed by atoms with Gasteiger partial charge in [-0.3, -0.25) is 0 Å². The van der Waals surface area contributed by atoms with Gasteiger partial charge in [0.1, 0.15) is 11.6 Å². The van der Waals surface area contributed by atoms with Crippen LogP contribution in [0.2, 0.25) is 0 Å². The van der Waals surface area contributed by atoms with Gasteiger partial charge in [0.05, 0.1) is 11.1 Å². The molecule has 5 heteroatoms. The zero-order chi connectivity index (χ0) is 20.7.